The predicted molar refractivity (Wildman–Crippen MR) is 140 cm³/mol. The van der Waals surface area contributed by atoms with E-state index in [-0.39, 0.29) is 40.3 Å². The lowest BCUT2D eigenvalue weighted by Gasteiger charge is -2.12. The van der Waals surface area contributed by atoms with E-state index in [1.807, 2.05) is 0 Å². The van der Waals surface area contributed by atoms with Crippen LogP contribution in [-0.4, -0.2) is 39.4 Å². The van der Waals surface area contributed by atoms with Gasteiger partial charge in [-0.2, -0.15) is 18.3 Å². The molecule has 202 valence electrons. The Hall–Kier alpha value is -4.19. The second-order valence-electron chi connectivity index (χ2n) is 9.11. The number of alkyl halides is 3. The van der Waals surface area contributed by atoms with Gasteiger partial charge in [-0.15, -0.1) is 0 Å². The molecule has 0 spiro atoms. The molecule has 12 heteroatoms. The van der Waals surface area contributed by atoms with Crippen molar-refractivity contribution in [3.8, 4) is 0 Å². The van der Waals surface area contributed by atoms with Crippen LogP contribution in [0.15, 0.2) is 71.8 Å². The number of hydrogen-bond donors (Lipinski definition) is 1. The van der Waals surface area contributed by atoms with E-state index >= 15 is 0 Å². The molecule has 1 N–H and O–H groups in total. The standard InChI is InChI=1S/C27H24F3N5O3S/c1-3-39(37,38)20-10-7-17(8-11-20)14-31-25(36)18-9-12-24-23(13-18)32-26(27(28,29)30)35(24)15-19-5-4-6-22-21(19)16-34(2)33-22/h4-13,16H,3,14-15H2,1-2H3,(H,31,36). The lowest BCUT2D eigenvalue weighted by atomic mass is 10.1. The van der Waals surface area contributed by atoms with Crippen LogP contribution in [0.25, 0.3) is 21.9 Å². The number of aryl methyl sites for hydroxylation is 1. The predicted octanol–water partition coefficient (Wildman–Crippen LogP) is 4.71. The first-order valence-electron chi connectivity index (χ1n) is 12.0. The summed E-state index contributed by atoms with van der Waals surface area (Å²) in [7, 11) is -1.59. The molecular formula is C27H24F3N5O3S. The number of benzene rings is 3. The van der Waals surface area contributed by atoms with Gasteiger partial charge in [0.2, 0.25) is 5.82 Å². The topological polar surface area (TPSA) is 98.9 Å². The summed E-state index contributed by atoms with van der Waals surface area (Å²) in [6, 6.07) is 15.7. The molecule has 8 nitrogen and oxygen atoms in total. The fraction of sp³-hybridized carbons (Fsp3) is 0.222. The van der Waals surface area contributed by atoms with Crippen molar-refractivity contribution in [2.75, 3.05) is 5.75 Å². The van der Waals surface area contributed by atoms with E-state index < -0.39 is 27.7 Å². The second kappa shape index (κ2) is 9.84. The SMILES string of the molecule is CCS(=O)(=O)c1ccc(CNC(=O)c2ccc3c(c2)nc(C(F)(F)F)n3Cc2cccc3nn(C)cc23)cc1. The molecule has 5 aromatic rings. The van der Waals surface area contributed by atoms with Gasteiger partial charge >= 0.3 is 6.18 Å². The molecule has 0 aliphatic carbocycles. The summed E-state index contributed by atoms with van der Waals surface area (Å²) in [5, 5.41) is 7.78. The summed E-state index contributed by atoms with van der Waals surface area (Å²) in [5.74, 6) is -1.57. The van der Waals surface area contributed by atoms with Crippen molar-refractivity contribution < 1.29 is 26.4 Å². The molecule has 5 rings (SSSR count). The van der Waals surface area contributed by atoms with Gasteiger partial charge in [0, 0.05) is 30.7 Å². The quantitative estimate of drug-likeness (QED) is 0.314. The molecule has 2 heterocycles. The molecule has 0 unspecified atom stereocenters. The van der Waals surface area contributed by atoms with E-state index in [0.717, 1.165) is 9.95 Å². The van der Waals surface area contributed by atoms with Crippen molar-refractivity contribution in [1.82, 2.24) is 24.6 Å². The number of hydrogen-bond acceptors (Lipinski definition) is 5. The summed E-state index contributed by atoms with van der Waals surface area (Å²) in [6.07, 6.45) is -2.95. The van der Waals surface area contributed by atoms with Crippen LogP contribution in [0.4, 0.5) is 13.2 Å². The van der Waals surface area contributed by atoms with Crippen LogP contribution in [0.3, 0.4) is 0 Å². The summed E-state index contributed by atoms with van der Waals surface area (Å²) in [5.41, 5.74) is 2.45. The lowest BCUT2D eigenvalue weighted by Crippen LogP contribution is -2.22. The van der Waals surface area contributed by atoms with Gasteiger partial charge < -0.3 is 9.88 Å². The lowest BCUT2D eigenvalue weighted by molar-refractivity contribution is -0.146. The van der Waals surface area contributed by atoms with Crippen molar-refractivity contribution in [3.63, 3.8) is 0 Å². The normalized spacial score (nSPS) is 12.3. The first kappa shape index (κ1) is 26.4. The molecule has 2 aromatic heterocycles. The zero-order chi connectivity index (χ0) is 27.9. The Bertz CT molecular complexity index is 1810. The minimum Gasteiger partial charge on any atom is -0.348 e. The van der Waals surface area contributed by atoms with Gasteiger partial charge in [-0.3, -0.25) is 9.48 Å². The molecular weight excluding hydrogens is 531 g/mol. The van der Waals surface area contributed by atoms with Crippen molar-refractivity contribution in [2.45, 2.75) is 31.1 Å². The van der Waals surface area contributed by atoms with Crippen LogP contribution >= 0.6 is 0 Å². The number of aromatic nitrogens is 4. The summed E-state index contributed by atoms with van der Waals surface area (Å²) in [4.78, 5) is 16.8. The van der Waals surface area contributed by atoms with E-state index in [4.69, 9.17) is 0 Å². The number of amides is 1. The largest absolute Gasteiger partial charge is 0.449 e. The van der Waals surface area contributed by atoms with E-state index in [9.17, 15) is 26.4 Å². The molecule has 0 fully saturated rings. The van der Waals surface area contributed by atoms with Crippen LogP contribution in [0.1, 0.15) is 34.2 Å². The number of nitrogens with zero attached hydrogens (tertiary/aromatic N) is 4. The highest BCUT2D eigenvalue weighted by molar-refractivity contribution is 7.91. The number of carbonyl (C=O) groups is 1. The second-order valence-corrected chi connectivity index (χ2v) is 11.4. The van der Waals surface area contributed by atoms with Crippen molar-refractivity contribution >= 4 is 37.7 Å². The summed E-state index contributed by atoms with van der Waals surface area (Å²) < 4.78 is 68.6. The number of carbonyl (C=O) groups excluding carboxylic acids is 1. The minimum atomic E-state index is -4.71. The number of imidazole rings is 1. The Morgan fingerprint density at radius 1 is 1.03 bits per heavy atom. The highest BCUT2D eigenvalue weighted by Gasteiger charge is 2.37. The highest BCUT2D eigenvalue weighted by Crippen LogP contribution is 2.33. The molecule has 1 amide bonds. The van der Waals surface area contributed by atoms with Gasteiger partial charge in [-0.25, -0.2) is 13.4 Å². The summed E-state index contributed by atoms with van der Waals surface area (Å²) >= 11 is 0. The van der Waals surface area contributed by atoms with Crippen LogP contribution in [0.5, 0.6) is 0 Å². The highest BCUT2D eigenvalue weighted by atomic mass is 32.2. The van der Waals surface area contributed by atoms with Crippen molar-refractivity contribution in [1.29, 1.82) is 0 Å². The number of halogens is 3. The van der Waals surface area contributed by atoms with Gasteiger partial charge in [0.25, 0.3) is 5.91 Å². The first-order chi connectivity index (χ1) is 18.5. The first-order valence-corrected chi connectivity index (χ1v) is 13.7. The van der Waals surface area contributed by atoms with Gasteiger partial charge in [-0.1, -0.05) is 31.2 Å². The molecule has 0 atom stereocenters. The Morgan fingerprint density at radius 2 is 1.77 bits per heavy atom. The Kier molecular flexibility index (Phi) is 6.67. The van der Waals surface area contributed by atoms with E-state index in [1.165, 1.54) is 30.3 Å². The summed E-state index contributed by atoms with van der Waals surface area (Å²) in [6.45, 7) is 1.59. The van der Waals surface area contributed by atoms with Crippen molar-refractivity contribution in [3.05, 3.63) is 89.4 Å². The zero-order valence-corrected chi connectivity index (χ0v) is 21.8. The molecule has 3 aromatic carbocycles. The fourth-order valence-electron chi connectivity index (χ4n) is 4.44. The van der Waals surface area contributed by atoms with Crippen LogP contribution in [-0.2, 0) is 36.2 Å². The number of rotatable bonds is 7. The molecule has 0 aliphatic rings. The Morgan fingerprint density at radius 3 is 2.46 bits per heavy atom. The van der Waals surface area contributed by atoms with Crippen molar-refractivity contribution in [2.24, 2.45) is 7.05 Å². The van der Waals surface area contributed by atoms with E-state index in [1.54, 1.807) is 55.2 Å². The zero-order valence-electron chi connectivity index (χ0n) is 21.0. The third kappa shape index (κ3) is 5.24. The maximum Gasteiger partial charge on any atom is 0.449 e. The van der Waals surface area contributed by atoms with Gasteiger partial charge in [-0.05, 0) is 47.5 Å². The molecule has 0 aliphatic heterocycles. The third-order valence-electron chi connectivity index (χ3n) is 6.46. The van der Waals surface area contributed by atoms with Crippen LogP contribution in [0.2, 0.25) is 0 Å². The third-order valence-corrected chi connectivity index (χ3v) is 8.21. The average Bonchev–Trinajstić information content (AvgIpc) is 3.47. The molecule has 0 bridgehead atoms. The number of nitrogens with one attached hydrogen (secondary N) is 1. The van der Waals surface area contributed by atoms with Crippen LogP contribution < -0.4 is 5.32 Å². The van der Waals surface area contributed by atoms with E-state index in [0.29, 0.717) is 16.6 Å². The maximum atomic E-state index is 14.0. The molecule has 39 heavy (non-hydrogen) atoms. The molecule has 0 saturated heterocycles. The number of fused-ring (bicyclic) bond motifs is 2. The van der Waals surface area contributed by atoms with E-state index in [2.05, 4.69) is 15.4 Å². The number of sulfone groups is 1. The smallest absolute Gasteiger partial charge is 0.348 e. The molecule has 0 saturated carbocycles. The van der Waals surface area contributed by atoms with Gasteiger partial charge in [0.05, 0.1) is 33.7 Å². The average molecular weight is 556 g/mol. The molecule has 0 radical (unpaired) electrons. The Balaban J connectivity index is 1.41. The van der Waals surface area contributed by atoms with Gasteiger partial charge in [0.15, 0.2) is 9.84 Å². The van der Waals surface area contributed by atoms with Crippen LogP contribution in [0, 0.1) is 0 Å². The Labute approximate surface area is 222 Å². The monoisotopic (exact) mass is 555 g/mol. The minimum absolute atomic E-state index is 0.0173. The van der Waals surface area contributed by atoms with Gasteiger partial charge in [0.1, 0.15) is 0 Å². The fourth-order valence-corrected chi connectivity index (χ4v) is 5.33. The maximum absolute atomic E-state index is 14.0.